The fraction of sp³-hybridized carbons (Fsp3) is 0.0500. The monoisotopic (exact) mass is 441 g/mol. The van der Waals surface area contributed by atoms with E-state index in [0.717, 1.165) is 16.8 Å². The van der Waals surface area contributed by atoms with Crippen LogP contribution in [0.5, 0.6) is 0 Å². The van der Waals surface area contributed by atoms with Gasteiger partial charge in [0.1, 0.15) is 0 Å². The number of carbonyl (C=O) groups excluding carboxylic acids is 1. The topological polar surface area (TPSA) is 80.1 Å². The highest BCUT2D eigenvalue weighted by Crippen LogP contribution is 2.29. The van der Waals surface area contributed by atoms with Gasteiger partial charge >= 0.3 is 0 Å². The summed E-state index contributed by atoms with van der Waals surface area (Å²) in [5.74, 6) is 0.0382. The average Bonchev–Trinajstić information content (AvgIpc) is 2.67. The Morgan fingerprint density at radius 2 is 1.66 bits per heavy atom. The van der Waals surface area contributed by atoms with E-state index in [0.29, 0.717) is 11.3 Å². The van der Waals surface area contributed by atoms with Gasteiger partial charge in [-0.3, -0.25) is 4.79 Å². The van der Waals surface area contributed by atoms with Gasteiger partial charge in [0.05, 0.1) is 16.5 Å². The first-order valence-corrected chi connectivity index (χ1v) is 9.46. The van der Waals surface area contributed by atoms with Crippen LogP contribution in [-0.4, -0.2) is 26.0 Å². The molecule has 1 aromatic heterocycles. The van der Waals surface area contributed by atoms with E-state index in [4.69, 9.17) is 23.2 Å². The van der Waals surface area contributed by atoms with Crippen LogP contribution in [0, 0.1) is 0 Å². The van der Waals surface area contributed by atoms with Gasteiger partial charge in [-0.05, 0) is 70.8 Å². The number of rotatable bonds is 5. The number of nitrogens with zero attached hydrogens (tertiary/aromatic N) is 4. The van der Waals surface area contributed by atoms with Gasteiger partial charge < -0.3 is 5.32 Å². The van der Waals surface area contributed by atoms with Gasteiger partial charge in [-0.25, -0.2) is 0 Å². The Kier molecular flexibility index (Phi) is 6.80. The highest BCUT2D eigenvalue weighted by Gasteiger charge is 2.12. The molecule has 0 bridgehead atoms. The number of hydrogen-bond acceptors (Lipinski definition) is 6. The van der Waals surface area contributed by atoms with Crippen molar-refractivity contribution in [1.29, 1.82) is 0 Å². The highest BCUT2D eigenvalue weighted by molar-refractivity contribution is 7.78. The molecule has 29 heavy (non-hydrogen) atoms. The fourth-order valence-corrected chi connectivity index (χ4v) is 2.97. The fourth-order valence-electron chi connectivity index (χ4n) is 2.50. The first-order valence-electron chi connectivity index (χ1n) is 8.30. The predicted molar refractivity (Wildman–Crippen MR) is 120 cm³/mol. The molecule has 3 rings (SSSR count). The van der Waals surface area contributed by atoms with Crippen LogP contribution < -0.4 is 5.32 Å². The Bertz CT molecular complexity index is 1120. The van der Waals surface area contributed by atoms with Crippen molar-refractivity contribution in [1.82, 2.24) is 15.0 Å². The maximum Gasteiger partial charge on any atom is 0.227 e. The van der Waals surface area contributed by atoms with E-state index in [1.165, 1.54) is 6.92 Å². The van der Waals surface area contributed by atoms with Crippen LogP contribution in [0.25, 0.3) is 23.5 Å². The number of hydrogen-bond donors (Lipinski definition) is 1. The van der Waals surface area contributed by atoms with E-state index < -0.39 is 0 Å². The maximum atomic E-state index is 11.6. The van der Waals surface area contributed by atoms with E-state index in [-0.39, 0.29) is 22.3 Å². The normalized spacial score (nSPS) is 10.6. The number of nitrogens with one attached hydrogen (secondary N) is 1. The lowest BCUT2D eigenvalue weighted by Crippen LogP contribution is -2.08. The van der Waals surface area contributed by atoms with Gasteiger partial charge in [-0.1, -0.05) is 30.4 Å². The molecule has 3 aromatic rings. The van der Waals surface area contributed by atoms with Crippen LogP contribution in [0.3, 0.4) is 0 Å². The number of isothiocyanates is 1. The van der Waals surface area contributed by atoms with Crippen LogP contribution >= 0.6 is 35.4 Å². The van der Waals surface area contributed by atoms with Crippen LogP contribution in [0.1, 0.15) is 18.1 Å². The van der Waals surface area contributed by atoms with Crippen molar-refractivity contribution in [2.45, 2.75) is 6.92 Å². The molecular formula is C20H13Cl2N5OS. The molecule has 9 heteroatoms. The summed E-state index contributed by atoms with van der Waals surface area (Å²) in [6, 6.07) is 13.0. The zero-order valence-corrected chi connectivity index (χ0v) is 17.4. The third kappa shape index (κ3) is 5.76. The number of carbonyl (C=O) groups is 1. The molecule has 0 aliphatic carbocycles. The Morgan fingerprint density at radius 1 is 1.03 bits per heavy atom. The first-order chi connectivity index (χ1) is 13.9. The van der Waals surface area contributed by atoms with Crippen LogP contribution in [0.2, 0.25) is 10.6 Å². The van der Waals surface area contributed by atoms with Crippen molar-refractivity contribution in [3.63, 3.8) is 0 Å². The molecule has 1 amide bonds. The molecular weight excluding hydrogens is 429 g/mol. The summed E-state index contributed by atoms with van der Waals surface area (Å²) in [6.45, 7) is 1.42. The van der Waals surface area contributed by atoms with Crippen molar-refractivity contribution in [2.75, 3.05) is 5.32 Å². The SMILES string of the molecule is CC(=O)Nc1ccc(C=Cc2ccc(N=C=S)cc2)cc1-c1nc(Cl)nc(Cl)n1. The minimum atomic E-state index is -0.222. The second kappa shape index (κ2) is 9.49. The minimum Gasteiger partial charge on any atom is -0.326 e. The maximum absolute atomic E-state index is 11.6. The van der Waals surface area contributed by atoms with Gasteiger partial charge in [-0.2, -0.15) is 19.9 Å². The number of aliphatic imine (C=N–C) groups is 1. The number of amides is 1. The van der Waals surface area contributed by atoms with Crippen molar-refractivity contribution in [3.8, 4) is 11.4 Å². The highest BCUT2D eigenvalue weighted by atomic mass is 35.5. The lowest BCUT2D eigenvalue weighted by atomic mass is 10.1. The lowest BCUT2D eigenvalue weighted by molar-refractivity contribution is -0.114. The second-order valence-electron chi connectivity index (χ2n) is 5.81. The van der Waals surface area contributed by atoms with E-state index in [9.17, 15) is 4.79 Å². The lowest BCUT2D eigenvalue weighted by Gasteiger charge is -2.10. The quantitative estimate of drug-likeness (QED) is 0.311. The van der Waals surface area contributed by atoms with Gasteiger partial charge in [-0.15, -0.1) is 0 Å². The van der Waals surface area contributed by atoms with Crippen molar-refractivity contribution in [3.05, 3.63) is 64.2 Å². The summed E-state index contributed by atoms with van der Waals surface area (Å²) in [5.41, 5.74) is 3.69. The van der Waals surface area contributed by atoms with E-state index in [1.807, 2.05) is 48.6 Å². The van der Waals surface area contributed by atoms with Gasteiger partial charge in [0.25, 0.3) is 0 Å². The van der Waals surface area contributed by atoms with Crippen molar-refractivity contribution in [2.24, 2.45) is 4.99 Å². The zero-order valence-electron chi connectivity index (χ0n) is 15.1. The number of thiocarbonyl (C=S) groups is 1. The smallest absolute Gasteiger partial charge is 0.227 e. The molecule has 1 N–H and O–H groups in total. The number of aromatic nitrogens is 3. The molecule has 144 valence electrons. The first kappa shape index (κ1) is 20.8. The molecule has 0 radical (unpaired) electrons. The summed E-state index contributed by atoms with van der Waals surface area (Å²) >= 11 is 16.4. The van der Waals surface area contributed by atoms with Crippen molar-refractivity contribution >= 4 is 70.0 Å². The van der Waals surface area contributed by atoms with E-state index in [1.54, 1.807) is 6.07 Å². The van der Waals surface area contributed by atoms with Gasteiger partial charge in [0.2, 0.25) is 16.5 Å². The molecule has 1 heterocycles. The van der Waals surface area contributed by atoms with Crippen LogP contribution in [0.15, 0.2) is 47.5 Å². The molecule has 0 saturated carbocycles. The second-order valence-corrected chi connectivity index (χ2v) is 6.67. The molecule has 0 atom stereocenters. The van der Waals surface area contributed by atoms with Crippen LogP contribution in [0.4, 0.5) is 11.4 Å². The molecule has 0 fully saturated rings. The summed E-state index contributed by atoms with van der Waals surface area (Å²) in [6.07, 6.45) is 3.86. The standard InChI is InChI=1S/C20H13Cl2N5OS/c1-12(28)24-17-9-6-14(3-2-13-4-7-15(8-5-13)23-11-29)10-16(17)18-25-19(21)27-20(22)26-18/h2-10H,1H3,(H,24,28). The van der Waals surface area contributed by atoms with E-state index in [2.05, 4.69) is 42.6 Å². The molecule has 6 nitrogen and oxygen atoms in total. The largest absolute Gasteiger partial charge is 0.326 e. The Labute approximate surface area is 182 Å². The van der Waals surface area contributed by atoms with Crippen LogP contribution in [-0.2, 0) is 4.79 Å². The van der Waals surface area contributed by atoms with Gasteiger partial charge in [0.15, 0.2) is 5.82 Å². The summed E-state index contributed by atoms with van der Waals surface area (Å²) in [7, 11) is 0. The summed E-state index contributed by atoms with van der Waals surface area (Å²) in [4.78, 5) is 27.5. The molecule has 0 aliphatic rings. The molecule has 0 unspecified atom stereocenters. The van der Waals surface area contributed by atoms with Gasteiger partial charge in [0, 0.05) is 12.5 Å². The molecule has 2 aromatic carbocycles. The molecule has 0 aliphatic heterocycles. The van der Waals surface area contributed by atoms with Crippen molar-refractivity contribution < 1.29 is 4.79 Å². The Balaban J connectivity index is 1.97. The molecule has 0 spiro atoms. The Morgan fingerprint density at radius 3 is 2.28 bits per heavy atom. The number of halogens is 2. The molecule has 0 saturated heterocycles. The van der Waals surface area contributed by atoms with E-state index >= 15 is 0 Å². The predicted octanol–water partition coefficient (Wildman–Crippen LogP) is 5.71. The summed E-state index contributed by atoms with van der Waals surface area (Å²) in [5, 5.41) is 5.02. The average molecular weight is 442 g/mol. The number of anilines is 1. The number of benzene rings is 2. The third-order valence-corrected chi connectivity index (χ3v) is 4.14. The Hall–Kier alpha value is -2.96. The summed E-state index contributed by atoms with van der Waals surface area (Å²) < 4.78 is 0. The minimum absolute atomic E-state index is 0.0335. The third-order valence-electron chi connectivity index (χ3n) is 3.71. The zero-order chi connectivity index (χ0) is 20.8.